The van der Waals surface area contributed by atoms with Gasteiger partial charge in [0.15, 0.2) is 0 Å². The van der Waals surface area contributed by atoms with Crippen molar-refractivity contribution in [2.75, 3.05) is 26.2 Å². The topological polar surface area (TPSA) is 55.8 Å². The summed E-state index contributed by atoms with van der Waals surface area (Å²) in [5.74, 6) is -1.17. The van der Waals surface area contributed by atoms with Crippen LogP contribution in [0.5, 0.6) is 5.75 Å². The van der Waals surface area contributed by atoms with E-state index in [0.717, 1.165) is 12.0 Å². The molecule has 1 amide bonds. The second-order valence-electron chi connectivity index (χ2n) is 3.17. The third-order valence-electron chi connectivity index (χ3n) is 2.18. The zero-order valence-corrected chi connectivity index (χ0v) is 10.4. The third-order valence-corrected chi connectivity index (χ3v) is 2.48. The average molecular weight is 258 g/mol. The number of carbonyl (C=O) groups is 2. The molecule has 0 atom stereocenters. The zero-order valence-electron chi connectivity index (χ0n) is 9.69. The fourth-order valence-corrected chi connectivity index (χ4v) is 1.52. The first-order valence-electron chi connectivity index (χ1n) is 4.70. The highest BCUT2D eigenvalue weighted by molar-refractivity contribution is 6.40. The van der Waals surface area contributed by atoms with E-state index in [-0.39, 0.29) is 0 Å². The van der Waals surface area contributed by atoms with Crippen LogP contribution in [0, 0.1) is 0 Å². The minimum absolute atomic E-state index is 0.309. The van der Waals surface area contributed by atoms with Gasteiger partial charge in [0, 0.05) is 13.1 Å². The SMILES string of the molecule is COC(=O)C(=O)N(C)c1ccc(OC)cc1Cl. The quantitative estimate of drug-likeness (QED) is 0.595. The van der Waals surface area contributed by atoms with Gasteiger partial charge in [-0.1, -0.05) is 11.6 Å². The summed E-state index contributed by atoms with van der Waals surface area (Å²) in [7, 11) is 4.09. The largest absolute Gasteiger partial charge is 0.497 e. The van der Waals surface area contributed by atoms with Gasteiger partial charge in [-0.2, -0.15) is 0 Å². The smallest absolute Gasteiger partial charge is 0.397 e. The molecule has 1 aromatic carbocycles. The number of esters is 1. The Labute approximate surface area is 104 Å². The molecular formula is C11H12ClNO4. The molecule has 92 valence electrons. The molecule has 0 aliphatic heterocycles. The van der Waals surface area contributed by atoms with Crippen molar-refractivity contribution in [2.45, 2.75) is 0 Å². The summed E-state index contributed by atoms with van der Waals surface area (Å²) in [5, 5.41) is 0.309. The van der Waals surface area contributed by atoms with Crippen molar-refractivity contribution < 1.29 is 19.1 Å². The summed E-state index contributed by atoms with van der Waals surface area (Å²) in [6, 6.07) is 4.78. The number of ether oxygens (including phenoxy) is 2. The summed E-state index contributed by atoms with van der Waals surface area (Å²) >= 11 is 5.97. The number of anilines is 1. The lowest BCUT2D eigenvalue weighted by Crippen LogP contribution is -2.34. The molecule has 17 heavy (non-hydrogen) atoms. The molecule has 0 aliphatic carbocycles. The van der Waals surface area contributed by atoms with Gasteiger partial charge in [-0.3, -0.25) is 4.79 Å². The van der Waals surface area contributed by atoms with Gasteiger partial charge in [0.2, 0.25) is 0 Å². The Kier molecular flexibility index (Phi) is 4.34. The summed E-state index contributed by atoms with van der Waals surface area (Å²) in [4.78, 5) is 23.7. The van der Waals surface area contributed by atoms with E-state index >= 15 is 0 Å². The number of carbonyl (C=O) groups excluding carboxylic acids is 2. The molecule has 1 aromatic rings. The molecule has 1 rings (SSSR count). The molecule has 0 heterocycles. The van der Waals surface area contributed by atoms with Crippen LogP contribution in [0.15, 0.2) is 18.2 Å². The first kappa shape index (κ1) is 13.3. The van der Waals surface area contributed by atoms with Crippen molar-refractivity contribution in [1.82, 2.24) is 0 Å². The van der Waals surface area contributed by atoms with E-state index in [1.165, 1.54) is 14.2 Å². The van der Waals surface area contributed by atoms with Crippen LogP contribution in [0.2, 0.25) is 5.02 Å². The molecule has 0 N–H and O–H groups in total. The fourth-order valence-electron chi connectivity index (χ4n) is 1.22. The van der Waals surface area contributed by atoms with Crippen LogP contribution in [0.25, 0.3) is 0 Å². The lowest BCUT2D eigenvalue weighted by molar-refractivity contribution is -0.151. The summed E-state index contributed by atoms with van der Waals surface area (Å²) in [5.41, 5.74) is 0.405. The zero-order chi connectivity index (χ0) is 13.0. The Hall–Kier alpha value is -1.75. The van der Waals surface area contributed by atoms with Crippen molar-refractivity contribution in [1.29, 1.82) is 0 Å². The fraction of sp³-hybridized carbons (Fsp3) is 0.273. The summed E-state index contributed by atoms with van der Waals surface area (Å²) < 4.78 is 9.32. The van der Waals surface area contributed by atoms with Gasteiger partial charge in [0.1, 0.15) is 5.75 Å². The van der Waals surface area contributed by atoms with Crippen LogP contribution in [-0.2, 0) is 14.3 Å². The van der Waals surface area contributed by atoms with Crippen LogP contribution < -0.4 is 9.64 Å². The number of hydrogen-bond donors (Lipinski definition) is 0. The van der Waals surface area contributed by atoms with Gasteiger partial charge in [0.05, 0.1) is 24.9 Å². The van der Waals surface area contributed by atoms with Gasteiger partial charge < -0.3 is 14.4 Å². The predicted molar refractivity (Wildman–Crippen MR) is 63.4 cm³/mol. The summed E-state index contributed by atoms with van der Waals surface area (Å²) in [6.45, 7) is 0. The predicted octanol–water partition coefficient (Wildman–Crippen LogP) is 1.48. The van der Waals surface area contributed by atoms with E-state index in [9.17, 15) is 9.59 Å². The van der Waals surface area contributed by atoms with Crippen LogP contribution in [0.1, 0.15) is 0 Å². The Morgan fingerprint density at radius 1 is 1.29 bits per heavy atom. The van der Waals surface area contributed by atoms with Gasteiger partial charge >= 0.3 is 11.9 Å². The Bertz CT molecular complexity index is 447. The molecule has 0 bridgehead atoms. The Morgan fingerprint density at radius 3 is 2.41 bits per heavy atom. The van der Waals surface area contributed by atoms with Gasteiger partial charge in [-0.05, 0) is 12.1 Å². The highest BCUT2D eigenvalue weighted by Gasteiger charge is 2.22. The first-order valence-corrected chi connectivity index (χ1v) is 5.08. The van der Waals surface area contributed by atoms with Gasteiger partial charge in [-0.25, -0.2) is 4.79 Å². The molecule has 0 saturated carbocycles. The second kappa shape index (κ2) is 5.54. The number of rotatable bonds is 2. The molecule has 0 radical (unpaired) electrons. The van der Waals surface area contributed by atoms with Crippen LogP contribution in [0.3, 0.4) is 0 Å². The summed E-state index contributed by atoms with van der Waals surface area (Å²) in [6.07, 6.45) is 0. The van der Waals surface area contributed by atoms with E-state index in [0.29, 0.717) is 16.5 Å². The highest BCUT2D eigenvalue weighted by Crippen LogP contribution is 2.29. The number of benzene rings is 1. The Morgan fingerprint density at radius 2 is 1.94 bits per heavy atom. The molecule has 0 unspecified atom stereocenters. The molecule has 0 fully saturated rings. The Balaban J connectivity index is 3.00. The number of hydrogen-bond acceptors (Lipinski definition) is 4. The van der Waals surface area contributed by atoms with Crippen LogP contribution in [-0.4, -0.2) is 33.1 Å². The molecule has 5 nitrogen and oxygen atoms in total. The standard InChI is InChI=1S/C11H12ClNO4/c1-13(10(14)11(15)17-3)9-5-4-7(16-2)6-8(9)12/h4-6H,1-3H3. The van der Waals surface area contributed by atoms with Crippen molar-refractivity contribution in [3.8, 4) is 5.75 Å². The minimum Gasteiger partial charge on any atom is -0.497 e. The van der Waals surface area contributed by atoms with Crippen molar-refractivity contribution in [3.05, 3.63) is 23.2 Å². The molecule has 6 heteroatoms. The maximum absolute atomic E-state index is 11.5. The van der Waals surface area contributed by atoms with E-state index < -0.39 is 11.9 Å². The number of likely N-dealkylation sites (N-methyl/N-ethyl adjacent to an activating group) is 1. The van der Waals surface area contributed by atoms with E-state index in [1.54, 1.807) is 18.2 Å². The molecular weight excluding hydrogens is 246 g/mol. The van der Waals surface area contributed by atoms with Crippen LogP contribution in [0.4, 0.5) is 5.69 Å². The van der Waals surface area contributed by atoms with E-state index in [1.807, 2.05) is 0 Å². The van der Waals surface area contributed by atoms with E-state index in [4.69, 9.17) is 16.3 Å². The number of amides is 1. The minimum atomic E-state index is -0.945. The average Bonchev–Trinajstić information content (AvgIpc) is 2.35. The van der Waals surface area contributed by atoms with Crippen molar-refractivity contribution >= 4 is 29.2 Å². The molecule has 0 aliphatic rings. The number of halogens is 1. The first-order chi connectivity index (χ1) is 8.01. The van der Waals surface area contributed by atoms with Crippen LogP contribution >= 0.6 is 11.6 Å². The van der Waals surface area contributed by atoms with Gasteiger partial charge in [-0.15, -0.1) is 0 Å². The van der Waals surface area contributed by atoms with Crippen molar-refractivity contribution in [3.63, 3.8) is 0 Å². The lowest BCUT2D eigenvalue weighted by atomic mass is 10.2. The van der Waals surface area contributed by atoms with E-state index in [2.05, 4.69) is 4.74 Å². The normalized spacial score (nSPS) is 9.65. The lowest BCUT2D eigenvalue weighted by Gasteiger charge is -2.17. The second-order valence-corrected chi connectivity index (χ2v) is 3.58. The van der Waals surface area contributed by atoms with Gasteiger partial charge in [0.25, 0.3) is 0 Å². The van der Waals surface area contributed by atoms with Crippen molar-refractivity contribution in [2.24, 2.45) is 0 Å². The number of methoxy groups -OCH3 is 2. The third kappa shape index (κ3) is 2.88. The molecule has 0 spiro atoms. The molecule has 0 aromatic heterocycles. The number of nitrogens with zero attached hydrogens (tertiary/aromatic N) is 1. The molecule has 0 saturated heterocycles. The monoisotopic (exact) mass is 257 g/mol. The maximum Gasteiger partial charge on any atom is 0.397 e. The maximum atomic E-state index is 11.5. The highest BCUT2D eigenvalue weighted by atomic mass is 35.5.